The normalized spacial score (nSPS) is 10.2. The van der Waals surface area contributed by atoms with Gasteiger partial charge in [0.05, 0.1) is 0 Å². The third kappa shape index (κ3) is 2.52. The van der Waals surface area contributed by atoms with E-state index in [0.717, 1.165) is 6.42 Å². The second-order valence-corrected chi connectivity index (χ2v) is 4.99. The molecular formula is C13H9F3Zr. The molecule has 86 valence electrons. The quantitative estimate of drug-likeness (QED) is 0.387. The van der Waals surface area contributed by atoms with E-state index in [2.05, 4.69) is 42.5 Å². The van der Waals surface area contributed by atoms with Gasteiger partial charge in [0.25, 0.3) is 0 Å². The van der Waals surface area contributed by atoms with Crippen molar-refractivity contribution >= 4 is 3.27 Å². The molecular weight excluding hydrogens is 304 g/mol. The Morgan fingerprint density at radius 1 is 0.765 bits per heavy atom. The van der Waals surface area contributed by atoms with E-state index in [1.165, 1.54) is 44.7 Å². The third-order valence-electron chi connectivity index (χ3n) is 2.85. The van der Waals surface area contributed by atoms with Crippen molar-refractivity contribution in [3.05, 3.63) is 53.6 Å². The molecule has 1 aliphatic rings. The molecule has 0 fully saturated rings. The second-order valence-electron chi connectivity index (χ2n) is 3.67. The van der Waals surface area contributed by atoms with Crippen molar-refractivity contribution in [3.63, 3.8) is 0 Å². The number of benzene rings is 2. The zero-order chi connectivity index (χ0) is 9.54. The van der Waals surface area contributed by atoms with E-state index in [1.807, 2.05) is 0 Å². The third-order valence-corrected chi connectivity index (χ3v) is 4.00. The number of halogens is 3. The van der Waals surface area contributed by atoms with Crippen LogP contribution in [0.5, 0.6) is 0 Å². The molecule has 0 heterocycles. The Morgan fingerprint density at radius 2 is 1.41 bits per heavy atom. The molecule has 0 nitrogen and oxygen atoms in total. The van der Waals surface area contributed by atoms with Gasteiger partial charge in [0.2, 0.25) is 0 Å². The minimum atomic E-state index is 0. The molecule has 2 aromatic carbocycles. The first-order chi connectivity index (χ1) is 6.86. The van der Waals surface area contributed by atoms with Gasteiger partial charge < -0.3 is 14.1 Å². The Bertz CT molecular complexity index is 512. The molecule has 0 atom stereocenters. The standard InChI is InChI=1S/C13H9.3FH.Zr/c1-3-7-12-10(5-1)9-11-6-2-4-8-13(11)12;;;;/h1-5,7-8H,9H2;3*1H;/q;;;;+3/p-3. The fraction of sp³-hybridized carbons (Fsp3) is 0.0769. The molecule has 4 heteroatoms. The molecule has 0 amide bonds. The van der Waals surface area contributed by atoms with Gasteiger partial charge in [0.1, 0.15) is 0 Å². The molecule has 0 saturated carbocycles. The Hall–Kier alpha value is -0.887. The topological polar surface area (TPSA) is 0 Å². The van der Waals surface area contributed by atoms with E-state index in [-0.39, 0.29) is 14.1 Å². The monoisotopic (exact) mass is 312 g/mol. The van der Waals surface area contributed by atoms with Crippen molar-refractivity contribution in [3.8, 4) is 11.1 Å². The Morgan fingerprint density at radius 3 is 2.18 bits per heavy atom. The Kier molecular flexibility index (Phi) is 5.83. The van der Waals surface area contributed by atoms with Gasteiger partial charge in [-0.2, -0.15) is 0 Å². The van der Waals surface area contributed by atoms with Crippen molar-refractivity contribution in [2.45, 2.75) is 6.42 Å². The van der Waals surface area contributed by atoms with E-state index in [9.17, 15) is 0 Å². The van der Waals surface area contributed by atoms with Crippen molar-refractivity contribution in [1.29, 1.82) is 0 Å². The number of hydrogen-bond donors (Lipinski definition) is 0. The number of rotatable bonds is 0. The Balaban J connectivity index is 0.000000853. The maximum absolute atomic E-state index is 2.24. The van der Waals surface area contributed by atoms with Gasteiger partial charge in [-0.1, -0.05) is 0 Å². The van der Waals surface area contributed by atoms with Crippen LogP contribution in [0.1, 0.15) is 11.1 Å². The fourth-order valence-corrected chi connectivity index (χ4v) is 2.94. The summed E-state index contributed by atoms with van der Waals surface area (Å²) in [5.74, 6) is 0. The van der Waals surface area contributed by atoms with Gasteiger partial charge in [-0.3, -0.25) is 0 Å². The zero-order valence-corrected chi connectivity index (χ0v) is 11.3. The van der Waals surface area contributed by atoms with Crippen molar-refractivity contribution in [1.82, 2.24) is 0 Å². The minimum absolute atomic E-state index is 0. The van der Waals surface area contributed by atoms with Crippen LogP contribution in [0.2, 0.25) is 0 Å². The summed E-state index contributed by atoms with van der Waals surface area (Å²) < 4.78 is 1.51. The van der Waals surface area contributed by atoms with Crippen LogP contribution < -0.4 is 17.4 Å². The van der Waals surface area contributed by atoms with E-state index >= 15 is 0 Å². The van der Waals surface area contributed by atoms with Crippen molar-refractivity contribution in [2.24, 2.45) is 0 Å². The van der Waals surface area contributed by atoms with Crippen LogP contribution >= 0.6 is 0 Å². The summed E-state index contributed by atoms with van der Waals surface area (Å²) >= 11 is 1.52. The van der Waals surface area contributed by atoms with Gasteiger partial charge in [0.15, 0.2) is 0 Å². The zero-order valence-electron chi connectivity index (χ0n) is 8.88. The van der Waals surface area contributed by atoms with Crippen LogP contribution in [-0.2, 0) is 31.1 Å². The first-order valence-electron chi connectivity index (χ1n) is 4.78. The summed E-state index contributed by atoms with van der Waals surface area (Å²) in [5, 5.41) is 0. The van der Waals surface area contributed by atoms with Gasteiger partial charge in [-0.25, -0.2) is 0 Å². The van der Waals surface area contributed by atoms with Crippen LogP contribution in [-0.4, -0.2) is 0 Å². The predicted octanol–water partition coefficient (Wildman–Crippen LogP) is -6.56. The molecule has 2 aromatic rings. The van der Waals surface area contributed by atoms with Crippen molar-refractivity contribution in [2.75, 3.05) is 0 Å². The average Bonchev–Trinajstić information content (AvgIpc) is 2.59. The van der Waals surface area contributed by atoms with Gasteiger partial charge >= 0.3 is 99.1 Å². The van der Waals surface area contributed by atoms with Crippen LogP contribution in [0.4, 0.5) is 0 Å². The van der Waals surface area contributed by atoms with Crippen molar-refractivity contribution < 1.29 is 38.8 Å². The molecule has 0 spiro atoms. The summed E-state index contributed by atoms with van der Waals surface area (Å²) in [6, 6.07) is 15.4. The molecule has 0 N–H and O–H groups in total. The maximum atomic E-state index is 2.24. The van der Waals surface area contributed by atoms with Crippen LogP contribution in [0.15, 0.2) is 42.5 Å². The summed E-state index contributed by atoms with van der Waals surface area (Å²) in [6.07, 6.45) is 1.13. The van der Waals surface area contributed by atoms with E-state index in [1.54, 1.807) is 5.56 Å². The second kappa shape index (κ2) is 6.16. The summed E-state index contributed by atoms with van der Waals surface area (Å²) in [6.45, 7) is 0. The fourth-order valence-electron chi connectivity index (χ4n) is 2.16. The Labute approximate surface area is 113 Å². The van der Waals surface area contributed by atoms with Crippen LogP contribution in [0, 0.1) is 0 Å². The molecule has 0 saturated heterocycles. The summed E-state index contributed by atoms with van der Waals surface area (Å²) in [4.78, 5) is 0. The predicted molar refractivity (Wildman–Crippen MR) is 54.3 cm³/mol. The molecule has 1 aliphatic carbocycles. The summed E-state index contributed by atoms with van der Waals surface area (Å²) in [7, 11) is 0. The van der Waals surface area contributed by atoms with Gasteiger partial charge in [0, 0.05) is 0 Å². The summed E-state index contributed by atoms with van der Waals surface area (Å²) in [5.41, 5.74) is 5.92. The molecule has 0 aliphatic heterocycles. The van der Waals surface area contributed by atoms with Gasteiger partial charge in [-0.05, 0) is 0 Å². The molecule has 0 aromatic heterocycles. The number of fused-ring (bicyclic) bond motifs is 3. The molecule has 3 rings (SSSR count). The first-order valence-corrected chi connectivity index (χ1v) is 6.01. The first kappa shape index (κ1) is 16.1. The van der Waals surface area contributed by atoms with E-state index < -0.39 is 0 Å². The molecule has 0 bridgehead atoms. The SMILES string of the molecule is [F-].[F-].[F-].[Zr+3][c]1cccc2c1Cc1ccccc1-2. The molecule has 0 radical (unpaired) electrons. The molecule has 17 heavy (non-hydrogen) atoms. The van der Waals surface area contributed by atoms with Gasteiger partial charge in [-0.15, -0.1) is 0 Å². The van der Waals surface area contributed by atoms with Crippen LogP contribution in [0.25, 0.3) is 11.1 Å². The molecule has 0 unspecified atom stereocenters. The average molecular weight is 313 g/mol. The number of hydrogen-bond acceptors (Lipinski definition) is 0. The van der Waals surface area contributed by atoms with Crippen LogP contribution in [0.3, 0.4) is 0 Å². The van der Waals surface area contributed by atoms with E-state index in [4.69, 9.17) is 0 Å². The van der Waals surface area contributed by atoms with E-state index in [0.29, 0.717) is 0 Å².